The van der Waals surface area contributed by atoms with Crippen LogP contribution >= 0.6 is 0 Å². The van der Waals surface area contributed by atoms with Crippen molar-refractivity contribution in [2.24, 2.45) is 0 Å². The first-order chi connectivity index (χ1) is 9.01. The van der Waals surface area contributed by atoms with Crippen molar-refractivity contribution in [3.63, 3.8) is 0 Å². The summed E-state index contributed by atoms with van der Waals surface area (Å²) in [5.74, 6) is 0.870. The van der Waals surface area contributed by atoms with Crippen molar-refractivity contribution in [2.45, 2.75) is 25.8 Å². The molecule has 1 aromatic heterocycles. The minimum Gasteiger partial charge on any atom is -0.347 e. The molecule has 0 saturated heterocycles. The maximum Gasteiger partial charge on any atom is 0.232 e. The Kier molecular flexibility index (Phi) is 3.69. The van der Waals surface area contributed by atoms with Crippen LogP contribution in [0.5, 0.6) is 0 Å². The minimum absolute atomic E-state index is 0.0788. The number of benzene rings is 1. The van der Waals surface area contributed by atoms with Crippen molar-refractivity contribution in [1.82, 2.24) is 14.9 Å². The largest absolute Gasteiger partial charge is 0.347 e. The first-order valence-electron chi connectivity index (χ1n) is 6.31. The van der Waals surface area contributed by atoms with Crippen molar-refractivity contribution >= 4 is 5.91 Å². The van der Waals surface area contributed by atoms with Crippen LogP contribution in [0.1, 0.15) is 25.2 Å². The number of aromatic amines is 1. The standard InChI is InChI=1S/C15H19N3O/c1-15(2,12-7-5-4-6-8-12)14(19)18(3)11-13-16-9-10-17-13/h4-10H,11H2,1-3H3,(H,16,17). The number of rotatable bonds is 4. The summed E-state index contributed by atoms with van der Waals surface area (Å²) in [5, 5.41) is 0. The second-order valence-corrected chi connectivity index (χ2v) is 5.19. The fourth-order valence-corrected chi connectivity index (χ4v) is 2.14. The highest BCUT2D eigenvalue weighted by Crippen LogP contribution is 2.25. The average molecular weight is 257 g/mol. The van der Waals surface area contributed by atoms with Gasteiger partial charge in [0, 0.05) is 19.4 Å². The van der Waals surface area contributed by atoms with Crippen LogP contribution in [0, 0.1) is 0 Å². The van der Waals surface area contributed by atoms with Crippen LogP contribution in [0.25, 0.3) is 0 Å². The number of carbonyl (C=O) groups is 1. The molecule has 1 heterocycles. The number of imidazole rings is 1. The SMILES string of the molecule is CN(Cc1ncc[nH]1)C(=O)C(C)(C)c1ccccc1. The predicted molar refractivity (Wildman–Crippen MR) is 74.5 cm³/mol. The van der Waals surface area contributed by atoms with E-state index in [1.165, 1.54) is 0 Å². The lowest BCUT2D eigenvalue weighted by molar-refractivity contribution is -0.135. The lowest BCUT2D eigenvalue weighted by Crippen LogP contribution is -2.41. The van der Waals surface area contributed by atoms with E-state index in [0.29, 0.717) is 6.54 Å². The zero-order chi connectivity index (χ0) is 13.9. The number of aromatic nitrogens is 2. The van der Waals surface area contributed by atoms with E-state index in [2.05, 4.69) is 9.97 Å². The smallest absolute Gasteiger partial charge is 0.232 e. The van der Waals surface area contributed by atoms with Gasteiger partial charge in [-0.05, 0) is 19.4 Å². The van der Waals surface area contributed by atoms with E-state index in [9.17, 15) is 4.79 Å². The molecule has 2 aromatic rings. The van der Waals surface area contributed by atoms with Crippen molar-refractivity contribution in [3.8, 4) is 0 Å². The maximum absolute atomic E-state index is 12.6. The number of likely N-dealkylation sites (N-methyl/N-ethyl adjacent to an activating group) is 1. The molecule has 0 unspecified atom stereocenters. The fraction of sp³-hybridized carbons (Fsp3) is 0.333. The Labute approximate surface area is 113 Å². The molecule has 0 aliphatic rings. The zero-order valence-electron chi connectivity index (χ0n) is 11.6. The lowest BCUT2D eigenvalue weighted by Gasteiger charge is -2.29. The van der Waals surface area contributed by atoms with E-state index in [1.807, 2.05) is 44.2 Å². The highest BCUT2D eigenvalue weighted by atomic mass is 16.2. The Morgan fingerprint density at radius 3 is 2.58 bits per heavy atom. The highest BCUT2D eigenvalue weighted by Gasteiger charge is 2.32. The van der Waals surface area contributed by atoms with Crippen LogP contribution in [0.3, 0.4) is 0 Å². The van der Waals surface area contributed by atoms with Gasteiger partial charge in [-0.25, -0.2) is 4.98 Å². The van der Waals surface area contributed by atoms with E-state index >= 15 is 0 Å². The van der Waals surface area contributed by atoms with Gasteiger partial charge in [0.2, 0.25) is 5.91 Å². The zero-order valence-corrected chi connectivity index (χ0v) is 11.6. The molecule has 1 aromatic carbocycles. The van der Waals surface area contributed by atoms with Crippen molar-refractivity contribution < 1.29 is 4.79 Å². The molecule has 1 N–H and O–H groups in total. The summed E-state index contributed by atoms with van der Waals surface area (Å²) in [6.07, 6.45) is 3.45. The molecular weight excluding hydrogens is 238 g/mol. The molecule has 0 fully saturated rings. The molecule has 4 nitrogen and oxygen atoms in total. The molecule has 0 saturated carbocycles. The number of hydrogen-bond acceptors (Lipinski definition) is 2. The number of hydrogen-bond donors (Lipinski definition) is 1. The van der Waals surface area contributed by atoms with Crippen molar-refractivity contribution in [1.29, 1.82) is 0 Å². The summed E-state index contributed by atoms with van der Waals surface area (Å²) in [6.45, 7) is 4.38. The Morgan fingerprint density at radius 2 is 2.00 bits per heavy atom. The molecular formula is C15H19N3O. The Balaban J connectivity index is 2.14. The lowest BCUT2D eigenvalue weighted by atomic mass is 9.83. The van der Waals surface area contributed by atoms with E-state index in [0.717, 1.165) is 11.4 Å². The average Bonchev–Trinajstić information content (AvgIpc) is 2.91. The van der Waals surface area contributed by atoms with E-state index < -0.39 is 5.41 Å². The second-order valence-electron chi connectivity index (χ2n) is 5.19. The summed E-state index contributed by atoms with van der Waals surface area (Å²) < 4.78 is 0. The van der Waals surface area contributed by atoms with Crippen LogP contribution in [0.15, 0.2) is 42.7 Å². The van der Waals surface area contributed by atoms with Gasteiger partial charge >= 0.3 is 0 Å². The monoisotopic (exact) mass is 257 g/mol. The van der Waals surface area contributed by atoms with Crippen molar-refractivity contribution in [2.75, 3.05) is 7.05 Å². The molecule has 4 heteroatoms. The molecule has 0 radical (unpaired) electrons. The second kappa shape index (κ2) is 5.26. The van der Waals surface area contributed by atoms with Crippen LogP contribution in [-0.4, -0.2) is 27.8 Å². The third-order valence-corrected chi connectivity index (χ3v) is 3.32. The molecule has 0 bridgehead atoms. The summed E-state index contributed by atoms with van der Waals surface area (Å²) in [6, 6.07) is 9.83. The summed E-state index contributed by atoms with van der Waals surface area (Å²) >= 11 is 0. The third-order valence-electron chi connectivity index (χ3n) is 3.32. The first kappa shape index (κ1) is 13.3. The number of nitrogens with zero attached hydrogens (tertiary/aromatic N) is 2. The highest BCUT2D eigenvalue weighted by molar-refractivity contribution is 5.87. The molecule has 0 aliphatic carbocycles. The molecule has 0 spiro atoms. The van der Waals surface area contributed by atoms with Crippen molar-refractivity contribution in [3.05, 3.63) is 54.1 Å². The van der Waals surface area contributed by atoms with Crippen LogP contribution < -0.4 is 0 Å². The van der Waals surface area contributed by atoms with Gasteiger partial charge in [0.15, 0.2) is 0 Å². The van der Waals surface area contributed by atoms with Crippen LogP contribution in [0.2, 0.25) is 0 Å². The Hall–Kier alpha value is -2.10. The maximum atomic E-state index is 12.6. The van der Waals surface area contributed by atoms with E-state index in [4.69, 9.17) is 0 Å². The van der Waals surface area contributed by atoms with Gasteiger partial charge in [0.05, 0.1) is 12.0 Å². The first-order valence-corrected chi connectivity index (χ1v) is 6.31. The van der Waals surface area contributed by atoms with E-state index in [-0.39, 0.29) is 5.91 Å². The molecule has 1 amide bonds. The predicted octanol–water partition coefficient (Wildman–Crippen LogP) is 2.35. The molecule has 19 heavy (non-hydrogen) atoms. The topological polar surface area (TPSA) is 49.0 Å². The van der Waals surface area contributed by atoms with Crippen LogP contribution in [0.4, 0.5) is 0 Å². The van der Waals surface area contributed by atoms with Gasteiger partial charge in [-0.3, -0.25) is 4.79 Å². The minimum atomic E-state index is -0.539. The molecule has 0 aliphatic heterocycles. The fourth-order valence-electron chi connectivity index (χ4n) is 2.14. The molecule has 100 valence electrons. The van der Waals surface area contributed by atoms with E-state index in [1.54, 1.807) is 24.3 Å². The van der Waals surface area contributed by atoms with Gasteiger partial charge < -0.3 is 9.88 Å². The Bertz CT molecular complexity index is 532. The quantitative estimate of drug-likeness (QED) is 0.914. The van der Waals surface area contributed by atoms with Gasteiger partial charge in [0.1, 0.15) is 5.82 Å². The molecule has 2 rings (SSSR count). The normalized spacial score (nSPS) is 11.3. The number of amides is 1. The summed E-state index contributed by atoms with van der Waals surface area (Å²) in [4.78, 5) is 21.4. The number of nitrogens with one attached hydrogen (secondary N) is 1. The number of H-pyrrole nitrogens is 1. The molecule has 0 atom stereocenters. The van der Waals surface area contributed by atoms with Gasteiger partial charge in [0.25, 0.3) is 0 Å². The van der Waals surface area contributed by atoms with Crippen LogP contribution in [-0.2, 0) is 16.8 Å². The Morgan fingerprint density at radius 1 is 1.32 bits per heavy atom. The number of carbonyl (C=O) groups excluding carboxylic acids is 1. The summed E-state index contributed by atoms with van der Waals surface area (Å²) in [7, 11) is 1.80. The van der Waals surface area contributed by atoms with Gasteiger partial charge in [-0.1, -0.05) is 30.3 Å². The summed E-state index contributed by atoms with van der Waals surface area (Å²) in [5.41, 5.74) is 0.481. The van der Waals surface area contributed by atoms with Gasteiger partial charge in [-0.2, -0.15) is 0 Å². The third kappa shape index (κ3) is 2.84. The van der Waals surface area contributed by atoms with Gasteiger partial charge in [-0.15, -0.1) is 0 Å².